The van der Waals surface area contributed by atoms with Crippen LogP contribution in [0.1, 0.15) is 12.8 Å². The van der Waals surface area contributed by atoms with E-state index in [0.717, 1.165) is 36.8 Å². The van der Waals surface area contributed by atoms with Crippen LogP contribution in [0.5, 0.6) is 0 Å². The van der Waals surface area contributed by atoms with Gasteiger partial charge in [-0.3, -0.25) is 4.68 Å². The smallest absolute Gasteiger partial charge is 0.317 e. The normalized spacial score (nSPS) is 17.6. The van der Waals surface area contributed by atoms with Gasteiger partial charge in [-0.05, 0) is 18.9 Å². The van der Waals surface area contributed by atoms with Crippen molar-refractivity contribution in [1.29, 1.82) is 0 Å². The Labute approximate surface area is 140 Å². The number of hydrogen-bond donors (Lipinski definition) is 1. The summed E-state index contributed by atoms with van der Waals surface area (Å²) in [4.78, 5) is 18.6. The predicted octanol–water partition coefficient (Wildman–Crippen LogP) is 1.58. The Kier molecular flexibility index (Phi) is 5.22. The molecule has 0 spiro atoms. The zero-order valence-electron chi connectivity index (χ0n) is 13.3. The Morgan fingerprint density at radius 2 is 2.35 bits per heavy atom. The van der Waals surface area contributed by atoms with Crippen LogP contribution in [0.2, 0.25) is 0 Å². The SMILES string of the molecule is Cn1ccnc1SCCNC(=O)N1CCC[C@H]1Cn1cccn1. The van der Waals surface area contributed by atoms with E-state index in [4.69, 9.17) is 0 Å². The zero-order chi connectivity index (χ0) is 16.1. The highest BCUT2D eigenvalue weighted by molar-refractivity contribution is 7.99. The minimum Gasteiger partial charge on any atom is -0.337 e. The molecule has 1 aliphatic heterocycles. The van der Waals surface area contributed by atoms with Crippen molar-refractivity contribution in [3.05, 3.63) is 30.9 Å². The number of likely N-dealkylation sites (tertiary alicyclic amines) is 1. The molecule has 0 aromatic carbocycles. The van der Waals surface area contributed by atoms with Gasteiger partial charge in [0, 0.05) is 50.7 Å². The van der Waals surface area contributed by atoms with Gasteiger partial charge in [-0.25, -0.2) is 9.78 Å². The average Bonchev–Trinajstić information content (AvgIpc) is 3.27. The molecule has 0 aliphatic carbocycles. The van der Waals surface area contributed by atoms with Crippen molar-refractivity contribution in [1.82, 2.24) is 29.5 Å². The summed E-state index contributed by atoms with van der Waals surface area (Å²) in [5.41, 5.74) is 0. The Morgan fingerprint density at radius 3 is 3.09 bits per heavy atom. The Hall–Kier alpha value is -1.96. The Bertz CT molecular complexity index is 626. The van der Waals surface area contributed by atoms with Gasteiger partial charge in [-0.1, -0.05) is 11.8 Å². The van der Waals surface area contributed by atoms with Gasteiger partial charge in [0.1, 0.15) is 0 Å². The molecule has 1 aliphatic rings. The third kappa shape index (κ3) is 4.07. The van der Waals surface area contributed by atoms with Crippen LogP contribution in [0.4, 0.5) is 4.79 Å². The van der Waals surface area contributed by atoms with Crippen LogP contribution in [-0.2, 0) is 13.6 Å². The highest BCUT2D eigenvalue weighted by atomic mass is 32.2. The van der Waals surface area contributed by atoms with E-state index in [-0.39, 0.29) is 12.1 Å². The van der Waals surface area contributed by atoms with Crippen molar-refractivity contribution in [3.63, 3.8) is 0 Å². The van der Waals surface area contributed by atoms with Gasteiger partial charge in [0.2, 0.25) is 0 Å². The largest absolute Gasteiger partial charge is 0.337 e. The van der Waals surface area contributed by atoms with Crippen molar-refractivity contribution in [2.45, 2.75) is 30.6 Å². The van der Waals surface area contributed by atoms with E-state index in [0.29, 0.717) is 6.54 Å². The molecule has 7 nitrogen and oxygen atoms in total. The molecule has 2 amide bonds. The molecule has 8 heteroatoms. The van der Waals surface area contributed by atoms with E-state index in [2.05, 4.69) is 15.4 Å². The number of aryl methyl sites for hydroxylation is 1. The number of carbonyl (C=O) groups is 1. The number of urea groups is 1. The van der Waals surface area contributed by atoms with Crippen molar-refractivity contribution < 1.29 is 4.79 Å². The predicted molar refractivity (Wildman–Crippen MR) is 89.3 cm³/mol. The monoisotopic (exact) mass is 334 g/mol. The van der Waals surface area contributed by atoms with E-state index in [9.17, 15) is 4.79 Å². The molecule has 23 heavy (non-hydrogen) atoms. The fraction of sp³-hybridized carbons (Fsp3) is 0.533. The summed E-state index contributed by atoms with van der Waals surface area (Å²) in [6.45, 7) is 2.23. The Balaban J connectivity index is 1.43. The second-order valence-corrected chi connectivity index (χ2v) is 6.68. The first kappa shape index (κ1) is 15.9. The first-order valence-corrected chi connectivity index (χ1v) is 8.84. The lowest BCUT2D eigenvalue weighted by atomic mass is 10.2. The summed E-state index contributed by atoms with van der Waals surface area (Å²) in [5, 5.41) is 8.22. The van der Waals surface area contributed by atoms with Gasteiger partial charge in [0.05, 0.1) is 12.6 Å². The molecule has 1 N–H and O–H groups in total. The first-order chi connectivity index (χ1) is 11.2. The van der Waals surface area contributed by atoms with Crippen LogP contribution in [-0.4, -0.2) is 55.1 Å². The molecule has 0 radical (unpaired) electrons. The number of rotatable bonds is 6. The van der Waals surface area contributed by atoms with E-state index in [1.54, 1.807) is 24.2 Å². The molecule has 2 aromatic rings. The highest BCUT2D eigenvalue weighted by Crippen LogP contribution is 2.19. The minimum atomic E-state index is 0.0279. The number of hydrogen-bond acceptors (Lipinski definition) is 4. The maximum Gasteiger partial charge on any atom is 0.317 e. The van der Waals surface area contributed by atoms with Crippen molar-refractivity contribution in [3.8, 4) is 0 Å². The number of nitrogens with one attached hydrogen (secondary N) is 1. The second kappa shape index (κ2) is 7.54. The number of thioether (sulfide) groups is 1. The quantitative estimate of drug-likeness (QED) is 0.643. The third-order valence-electron chi connectivity index (χ3n) is 3.98. The molecule has 0 unspecified atom stereocenters. The van der Waals surface area contributed by atoms with Gasteiger partial charge in [0.15, 0.2) is 5.16 Å². The zero-order valence-corrected chi connectivity index (χ0v) is 14.1. The molecule has 124 valence electrons. The number of carbonyl (C=O) groups excluding carboxylic acids is 1. The molecule has 3 rings (SSSR count). The van der Waals surface area contributed by atoms with Crippen LogP contribution >= 0.6 is 11.8 Å². The third-order valence-corrected chi connectivity index (χ3v) is 5.04. The van der Waals surface area contributed by atoms with Crippen LogP contribution in [0, 0.1) is 0 Å². The topological polar surface area (TPSA) is 68.0 Å². The van der Waals surface area contributed by atoms with Gasteiger partial charge in [-0.15, -0.1) is 0 Å². The number of nitrogens with zero attached hydrogens (tertiary/aromatic N) is 5. The van der Waals surface area contributed by atoms with E-state index in [1.807, 2.05) is 39.7 Å². The lowest BCUT2D eigenvalue weighted by Gasteiger charge is -2.25. The first-order valence-electron chi connectivity index (χ1n) is 7.86. The second-order valence-electron chi connectivity index (χ2n) is 5.62. The van der Waals surface area contributed by atoms with E-state index < -0.39 is 0 Å². The summed E-state index contributed by atoms with van der Waals surface area (Å²) in [5.74, 6) is 0.814. The fourth-order valence-corrected chi connectivity index (χ4v) is 3.60. The maximum atomic E-state index is 12.4. The fourth-order valence-electron chi connectivity index (χ4n) is 2.81. The average molecular weight is 334 g/mol. The highest BCUT2D eigenvalue weighted by Gasteiger charge is 2.28. The Morgan fingerprint density at radius 1 is 1.43 bits per heavy atom. The molecule has 0 saturated carbocycles. The molecule has 3 heterocycles. The van der Waals surface area contributed by atoms with Crippen molar-refractivity contribution in [2.24, 2.45) is 7.05 Å². The maximum absolute atomic E-state index is 12.4. The standard InChI is InChI=1S/C15H22N6OS/c1-19-10-6-17-15(19)23-11-7-16-14(22)21-9-2-4-13(21)12-20-8-3-5-18-20/h3,5-6,8,10,13H,2,4,7,9,11-12H2,1H3,(H,16,22)/t13-/m0/s1. The van der Waals surface area contributed by atoms with Crippen LogP contribution in [0.3, 0.4) is 0 Å². The molecular formula is C15H22N6OS. The summed E-state index contributed by atoms with van der Waals surface area (Å²) >= 11 is 1.65. The van der Waals surface area contributed by atoms with Crippen LogP contribution < -0.4 is 5.32 Å². The summed E-state index contributed by atoms with van der Waals surface area (Å²) in [6.07, 6.45) is 9.51. The number of imidazole rings is 1. The number of amides is 2. The van der Waals surface area contributed by atoms with E-state index >= 15 is 0 Å². The van der Waals surface area contributed by atoms with E-state index in [1.165, 1.54) is 0 Å². The molecule has 0 bridgehead atoms. The summed E-state index contributed by atoms with van der Waals surface area (Å²) in [7, 11) is 1.97. The molecule has 1 saturated heterocycles. The van der Waals surface area contributed by atoms with Gasteiger partial charge in [0.25, 0.3) is 0 Å². The summed E-state index contributed by atoms with van der Waals surface area (Å²) < 4.78 is 3.88. The molecule has 1 atom stereocenters. The van der Waals surface area contributed by atoms with Gasteiger partial charge in [-0.2, -0.15) is 5.10 Å². The summed E-state index contributed by atoms with van der Waals surface area (Å²) in [6, 6.07) is 2.17. The van der Waals surface area contributed by atoms with Gasteiger partial charge < -0.3 is 14.8 Å². The van der Waals surface area contributed by atoms with Crippen LogP contribution in [0.15, 0.2) is 36.0 Å². The van der Waals surface area contributed by atoms with Crippen molar-refractivity contribution in [2.75, 3.05) is 18.8 Å². The molecule has 2 aromatic heterocycles. The minimum absolute atomic E-state index is 0.0279. The number of aromatic nitrogens is 4. The molecular weight excluding hydrogens is 312 g/mol. The lowest BCUT2D eigenvalue weighted by molar-refractivity contribution is 0.186. The molecule has 1 fully saturated rings. The van der Waals surface area contributed by atoms with Gasteiger partial charge >= 0.3 is 6.03 Å². The van der Waals surface area contributed by atoms with Crippen molar-refractivity contribution >= 4 is 17.8 Å². The lowest BCUT2D eigenvalue weighted by Crippen LogP contribution is -2.45. The van der Waals surface area contributed by atoms with Crippen LogP contribution in [0.25, 0.3) is 0 Å².